The highest BCUT2D eigenvalue weighted by Crippen LogP contribution is 2.13. The lowest BCUT2D eigenvalue weighted by molar-refractivity contribution is -0.143. The van der Waals surface area contributed by atoms with E-state index in [2.05, 4.69) is 5.16 Å². The minimum Gasteiger partial charge on any atom is -0.483 e. The van der Waals surface area contributed by atoms with Gasteiger partial charge in [-0.25, -0.2) is 0 Å². The lowest BCUT2D eigenvalue weighted by atomic mass is 10.2. The summed E-state index contributed by atoms with van der Waals surface area (Å²) in [6, 6.07) is 1.14. The van der Waals surface area contributed by atoms with Crippen LogP contribution in [-0.4, -0.2) is 75.7 Å². The second-order valence-corrected chi connectivity index (χ2v) is 5.37. The SMILES string of the molecule is CCC(C(=O)O)N1CCCN(C(=O)c2cc(C)on2)CC1.O=CO. The first-order valence-corrected chi connectivity index (χ1v) is 7.71. The van der Waals surface area contributed by atoms with Crippen molar-refractivity contribution in [3.8, 4) is 0 Å². The molecule has 0 saturated carbocycles. The van der Waals surface area contributed by atoms with Crippen LogP contribution < -0.4 is 0 Å². The summed E-state index contributed by atoms with van der Waals surface area (Å²) < 4.78 is 4.93. The van der Waals surface area contributed by atoms with E-state index in [9.17, 15) is 14.7 Å². The zero-order valence-corrected chi connectivity index (χ0v) is 13.8. The number of aliphatic carboxylic acids is 1. The Kier molecular flexibility index (Phi) is 7.90. The van der Waals surface area contributed by atoms with Gasteiger partial charge in [0.15, 0.2) is 5.69 Å². The van der Waals surface area contributed by atoms with Crippen LogP contribution in [0.15, 0.2) is 10.6 Å². The number of carboxylic acids is 1. The highest BCUT2D eigenvalue weighted by Gasteiger charge is 2.28. The number of carboxylic acid groups (broad SMARTS) is 2. The molecule has 1 aromatic rings. The van der Waals surface area contributed by atoms with E-state index in [-0.39, 0.29) is 12.4 Å². The van der Waals surface area contributed by atoms with E-state index < -0.39 is 12.0 Å². The van der Waals surface area contributed by atoms with Crippen molar-refractivity contribution in [1.29, 1.82) is 0 Å². The fraction of sp³-hybridized carbons (Fsp3) is 0.600. The number of carbonyl (C=O) groups excluding carboxylic acids is 1. The van der Waals surface area contributed by atoms with Crippen LogP contribution in [0.3, 0.4) is 0 Å². The Morgan fingerprint density at radius 1 is 1.38 bits per heavy atom. The molecule has 9 nitrogen and oxygen atoms in total. The Labute approximate surface area is 139 Å². The van der Waals surface area contributed by atoms with E-state index in [4.69, 9.17) is 14.4 Å². The van der Waals surface area contributed by atoms with Gasteiger partial charge in [0.25, 0.3) is 12.4 Å². The number of rotatable bonds is 4. The summed E-state index contributed by atoms with van der Waals surface area (Å²) >= 11 is 0. The summed E-state index contributed by atoms with van der Waals surface area (Å²) in [4.78, 5) is 35.6. The minimum atomic E-state index is -0.801. The average Bonchev–Trinajstić information content (AvgIpc) is 2.82. The quantitative estimate of drug-likeness (QED) is 0.767. The molecule has 1 aliphatic heterocycles. The number of aryl methyl sites for hydroxylation is 1. The van der Waals surface area contributed by atoms with Crippen LogP contribution >= 0.6 is 0 Å². The van der Waals surface area contributed by atoms with Gasteiger partial charge in [0.05, 0.1) is 0 Å². The second kappa shape index (κ2) is 9.66. The predicted octanol–water partition coefficient (Wildman–Crippen LogP) is 0.695. The number of hydrogen-bond acceptors (Lipinski definition) is 6. The molecule has 2 N–H and O–H groups in total. The van der Waals surface area contributed by atoms with E-state index in [0.717, 1.165) is 6.42 Å². The largest absolute Gasteiger partial charge is 0.483 e. The molecule has 0 radical (unpaired) electrons. The van der Waals surface area contributed by atoms with E-state index in [0.29, 0.717) is 44.1 Å². The van der Waals surface area contributed by atoms with E-state index >= 15 is 0 Å². The maximum Gasteiger partial charge on any atom is 0.320 e. The molecule has 0 aromatic carbocycles. The van der Waals surface area contributed by atoms with Gasteiger partial charge >= 0.3 is 5.97 Å². The van der Waals surface area contributed by atoms with Crippen LogP contribution in [0.2, 0.25) is 0 Å². The number of hydrogen-bond donors (Lipinski definition) is 2. The molecule has 1 unspecified atom stereocenters. The Hall–Kier alpha value is -2.42. The van der Waals surface area contributed by atoms with Crippen molar-refractivity contribution in [2.24, 2.45) is 0 Å². The molecule has 0 spiro atoms. The third kappa shape index (κ3) is 5.34. The van der Waals surface area contributed by atoms with Gasteiger partial charge in [-0.3, -0.25) is 19.3 Å². The van der Waals surface area contributed by atoms with Crippen molar-refractivity contribution in [2.45, 2.75) is 32.7 Å². The van der Waals surface area contributed by atoms with Crippen molar-refractivity contribution >= 4 is 18.3 Å². The van der Waals surface area contributed by atoms with Crippen LogP contribution in [0.5, 0.6) is 0 Å². The molecule has 134 valence electrons. The molecule has 2 rings (SSSR count). The molecule has 1 atom stereocenters. The van der Waals surface area contributed by atoms with Crippen LogP contribution in [0.4, 0.5) is 0 Å². The Balaban J connectivity index is 0.000000891. The summed E-state index contributed by atoms with van der Waals surface area (Å²) in [5, 5.41) is 19.9. The normalized spacial score (nSPS) is 16.5. The van der Waals surface area contributed by atoms with Crippen molar-refractivity contribution in [3.63, 3.8) is 0 Å². The van der Waals surface area contributed by atoms with Gasteiger partial charge in [-0.1, -0.05) is 12.1 Å². The maximum absolute atomic E-state index is 12.3. The summed E-state index contributed by atoms with van der Waals surface area (Å²) in [5.74, 6) is -0.354. The summed E-state index contributed by atoms with van der Waals surface area (Å²) in [6.45, 7) is 5.73. The third-order valence-corrected chi connectivity index (χ3v) is 3.78. The predicted molar refractivity (Wildman–Crippen MR) is 83.7 cm³/mol. The fourth-order valence-corrected chi connectivity index (χ4v) is 2.67. The average molecular weight is 341 g/mol. The van der Waals surface area contributed by atoms with Gasteiger partial charge in [-0.2, -0.15) is 0 Å². The van der Waals surface area contributed by atoms with Gasteiger partial charge < -0.3 is 19.6 Å². The van der Waals surface area contributed by atoms with Gasteiger partial charge in [-0.05, 0) is 19.8 Å². The first-order valence-electron chi connectivity index (χ1n) is 7.71. The minimum absolute atomic E-state index is 0.155. The van der Waals surface area contributed by atoms with Gasteiger partial charge in [-0.15, -0.1) is 0 Å². The summed E-state index contributed by atoms with van der Waals surface area (Å²) in [5.41, 5.74) is 0.311. The molecule has 1 aromatic heterocycles. The Morgan fingerprint density at radius 2 is 2.04 bits per heavy atom. The van der Waals surface area contributed by atoms with Gasteiger partial charge in [0, 0.05) is 32.2 Å². The monoisotopic (exact) mass is 341 g/mol. The van der Waals surface area contributed by atoms with Gasteiger partial charge in [0.1, 0.15) is 11.8 Å². The standard InChI is InChI=1S/C14H21N3O4.CH2O2/c1-3-12(14(19)20)16-5-4-6-17(8-7-16)13(18)11-9-10(2)21-15-11;2-1-3/h9,12H,3-8H2,1-2H3,(H,19,20);1H,(H,2,3). The smallest absolute Gasteiger partial charge is 0.320 e. The van der Waals surface area contributed by atoms with Crippen molar-refractivity contribution in [3.05, 3.63) is 17.5 Å². The lowest BCUT2D eigenvalue weighted by Crippen LogP contribution is -2.43. The number of nitrogens with zero attached hydrogens (tertiary/aromatic N) is 3. The summed E-state index contributed by atoms with van der Waals surface area (Å²) in [6.07, 6.45) is 1.32. The summed E-state index contributed by atoms with van der Waals surface area (Å²) in [7, 11) is 0. The first-order chi connectivity index (χ1) is 11.4. The molecule has 1 saturated heterocycles. The molecular weight excluding hydrogens is 318 g/mol. The number of amides is 1. The molecule has 0 aliphatic carbocycles. The van der Waals surface area contributed by atoms with E-state index in [1.807, 2.05) is 11.8 Å². The van der Waals surface area contributed by atoms with Crippen LogP contribution in [0, 0.1) is 6.92 Å². The van der Waals surface area contributed by atoms with Crippen LogP contribution in [-0.2, 0) is 9.59 Å². The Morgan fingerprint density at radius 3 is 2.54 bits per heavy atom. The van der Waals surface area contributed by atoms with Crippen LogP contribution in [0.25, 0.3) is 0 Å². The zero-order valence-electron chi connectivity index (χ0n) is 13.8. The number of carbonyl (C=O) groups is 3. The van der Waals surface area contributed by atoms with Crippen molar-refractivity contribution in [2.75, 3.05) is 26.2 Å². The molecule has 1 aliphatic rings. The molecule has 9 heteroatoms. The highest BCUT2D eigenvalue weighted by atomic mass is 16.5. The van der Waals surface area contributed by atoms with E-state index in [1.54, 1.807) is 17.9 Å². The lowest BCUT2D eigenvalue weighted by Gasteiger charge is -2.26. The van der Waals surface area contributed by atoms with Crippen LogP contribution in [0.1, 0.15) is 36.0 Å². The molecule has 0 bridgehead atoms. The molecule has 24 heavy (non-hydrogen) atoms. The topological polar surface area (TPSA) is 124 Å². The third-order valence-electron chi connectivity index (χ3n) is 3.78. The second-order valence-electron chi connectivity index (χ2n) is 5.37. The molecular formula is C15H23N3O6. The molecule has 1 fully saturated rings. The zero-order chi connectivity index (χ0) is 18.1. The van der Waals surface area contributed by atoms with Crippen molar-refractivity contribution < 1.29 is 29.1 Å². The Bertz CT molecular complexity index is 559. The van der Waals surface area contributed by atoms with Gasteiger partial charge in [0.2, 0.25) is 0 Å². The van der Waals surface area contributed by atoms with E-state index in [1.165, 1.54) is 0 Å². The fourth-order valence-electron chi connectivity index (χ4n) is 2.67. The molecule has 1 amide bonds. The number of aromatic nitrogens is 1. The van der Waals surface area contributed by atoms with Crippen molar-refractivity contribution in [1.82, 2.24) is 15.0 Å². The maximum atomic E-state index is 12.3. The highest BCUT2D eigenvalue weighted by molar-refractivity contribution is 5.92. The first kappa shape index (κ1) is 19.6. The molecule has 2 heterocycles.